The summed E-state index contributed by atoms with van der Waals surface area (Å²) in [4.78, 5) is 3.97. The second kappa shape index (κ2) is 5.49. The number of nitrogens with zero attached hydrogens (tertiary/aromatic N) is 1. The average Bonchev–Trinajstić information content (AvgIpc) is 2.44. The summed E-state index contributed by atoms with van der Waals surface area (Å²) < 4.78 is 25.1. The molecule has 0 radical (unpaired) electrons. The molecule has 0 saturated heterocycles. The minimum absolute atomic E-state index is 0.305. The Balaban J connectivity index is 2.16. The molecule has 1 aromatic heterocycles. The number of rotatable bonds is 5. The molecule has 0 unspecified atom stereocenters. The van der Waals surface area contributed by atoms with E-state index in [0.29, 0.717) is 17.3 Å². The Morgan fingerprint density at radius 1 is 1.57 bits per heavy atom. The summed E-state index contributed by atoms with van der Waals surface area (Å²) in [6.07, 6.45) is 0.0546. The monoisotopic (exact) mass is 277 g/mol. The fourth-order valence-corrected chi connectivity index (χ4v) is 2.88. The van der Waals surface area contributed by atoms with Crippen LogP contribution < -0.4 is 0 Å². The van der Waals surface area contributed by atoms with Gasteiger partial charge in [-0.05, 0) is 18.0 Å². The Bertz CT molecular complexity index is 287. The van der Waals surface area contributed by atoms with Crippen LogP contribution in [0, 0.1) is 0 Å². The normalized spacial score (nSPS) is 12.0. The fourth-order valence-electron chi connectivity index (χ4n) is 0.737. The Morgan fingerprint density at radius 2 is 2.29 bits per heavy atom. The van der Waals surface area contributed by atoms with Crippen molar-refractivity contribution >= 4 is 46.3 Å². The molecule has 0 aliphatic carbocycles. The van der Waals surface area contributed by atoms with Crippen LogP contribution >= 0.6 is 46.3 Å². The molecular formula is C7H7Cl2F2NS2. The van der Waals surface area contributed by atoms with E-state index in [1.807, 2.05) is 0 Å². The third kappa shape index (κ3) is 5.34. The molecule has 1 aromatic rings. The molecular weight excluding hydrogens is 271 g/mol. The zero-order chi connectivity index (χ0) is 10.6. The van der Waals surface area contributed by atoms with Crippen LogP contribution in [0.5, 0.6) is 0 Å². The van der Waals surface area contributed by atoms with Gasteiger partial charge in [-0.15, -0.1) is 11.3 Å². The Hall–Kier alpha value is 0.420. The first-order chi connectivity index (χ1) is 6.47. The highest BCUT2D eigenvalue weighted by Crippen LogP contribution is 2.29. The summed E-state index contributed by atoms with van der Waals surface area (Å²) in [7, 11) is 0. The van der Waals surface area contributed by atoms with Crippen LogP contribution in [-0.4, -0.2) is 16.1 Å². The minimum atomic E-state index is -3.08. The lowest BCUT2D eigenvalue weighted by atomic mass is 10.3. The molecule has 1 nitrogen and oxygen atoms in total. The van der Waals surface area contributed by atoms with Crippen molar-refractivity contribution in [1.29, 1.82) is 0 Å². The summed E-state index contributed by atoms with van der Waals surface area (Å²) >= 11 is 13.2. The molecule has 0 fully saturated rings. The quantitative estimate of drug-likeness (QED) is 0.447. The number of thiazole rings is 1. The maximum atomic E-state index is 12.2. The van der Waals surface area contributed by atoms with Gasteiger partial charge in [-0.1, -0.05) is 23.4 Å². The van der Waals surface area contributed by atoms with Gasteiger partial charge in [0.2, 0.25) is 0 Å². The molecule has 0 atom stereocenters. The highest BCUT2D eigenvalue weighted by Gasteiger charge is 2.23. The van der Waals surface area contributed by atoms with Crippen LogP contribution in [0.1, 0.15) is 12.8 Å². The third-order valence-corrected chi connectivity index (χ3v) is 3.90. The van der Waals surface area contributed by atoms with E-state index in [0.717, 1.165) is 4.34 Å². The predicted molar refractivity (Wildman–Crippen MR) is 57.9 cm³/mol. The predicted octanol–water partition coefficient (Wildman–Crippen LogP) is 4.50. The van der Waals surface area contributed by atoms with Crippen molar-refractivity contribution in [2.45, 2.75) is 22.6 Å². The zero-order valence-electron chi connectivity index (χ0n) is 6.97. The topological polar surface area (TPSA) is 12.9 Å². The van der Waals surface area contributed by atoms with Crippen molar-refractivity contribution in [3.63, 3.8) is 0 Å². The van der Waals surface area contributed by atoms with Gasteiger partial charge in [-0.2, -0.15) is 8.78 Å². The molecule has 1 rings (SSSR count). The largest absolute Gasteiger partial charge is 0.321 e. The van der Waals surface area contributed by atoms with Crippen molar-refractivity contribution in [3.8, 4) is 0 Å². The third-order valence-electron chi connectivity index (χ3n) is 1.29. The summed E-state index contributed by atoms with van der Waals surface area (Å²) in [5.41, 5.74) is 0. The van der Waals surface area contributed by atoms with Gasteiger partial charge in [0.15, 0.2) is 4.34 Å². The Labute approximate surface area is 98.8 Å². The van der Waals surface area contributed by atoms with E-state index in [-0.39, 0.29) is 6.42 Å². The lowest BCUT2D eigenvalue weighted by Crippen LogP contribution is -2.05. The van der Waals surface area contributed by atoms with Gasteiger partial charge in [0.05, 0.1) is 0 Å². The fraction of sp³-hybridized carbons (Fsp3) is 0.571. The number of hydrogen-bond donors (Lipinski definition) is 0. The minimum Gasteiger partial charge on any atom is -0.218 e. The van der Waals surface area contributed by atoms with Crippen LogP contribution in [0.15, 0.2) is 9.72 Å². The smallest absolute Gasteiger partial charge is 0.218 e. The van der Waals surface area contributed by atoms with Gasteiger partial charge in [0, 0.05) is 17.6 Å². The molecule has 7 heteroatoms. The molecule has 0 bridgehead atoms. The molecule has 0 N–H and O–H groups in total. The molecule has 0 aliphatic heterocycles. The zero-order valence-corrected chi connectivity index (χ0v) is 10.1. The number of halogens is 4. The standard InChI is InChI=1S/C7H7Cl2F2NS2/c8-5-4-14-6(12-5)13-3-1-2-7(9,10)11/h4H,1-3H2. The SMILES string of the molecule is FC(F)(Cl)CCCSc1nc(Cl)cs1. The van der Waals surface area contributed by atoms with Crippen molar-refractivity contribution < 1.29 is 8.78 Å². The van der Waals surface area contributed by atoms with E-state index < -0.39 is 5.38 Å². The van der Waals surface area contributed by atoms with Crippen LogP contribution in [0.2, 0.25) is 5.15 Å². The number of thioether (sulfide) groups is 1. The van der Waals surface area contributed by atoms with Gasteiger partial charge < -0.3 is 0 Å². The highest BCUT2D eigenvalue weighted by molar-refractivity contribution is 8.01. The number of alkyl halides is 3. The second-order valence-corrected chi connectivity index (χ2v) is 5.64. The summed E-state index contributed by atoms with van der Waals surface area (Å²) in [5, 5.41) is -0.929. The second-order valence-electron chi connectivity index (χ2n) is 2.50. The molecule has 1 heterocycles. The van der Waals surface area contributed by atoms with E-state index in [1.165, 1.54) is 23.1 Å². The molecule has 0 saturated carbocycles. The molecule has 0 amide bonds. The number of hydrogen-bond acceptors (Lipinski definition) is 3. The Kier molecular flexibility index (Phi) is 4.90. The maximum absolute atomic E-state index is 12.2. The lowest BCUT2D eigenvalue weighted by molar-refractivity contribution is 0.0857. The van der Waals surface area contributed by atoms with E-state index in [9.17, 15) is 8.78 Å². The van der Waals surface area contributed by atoms with Gasteiger partial charge in [-0.3, -0.25) is 0 Å². The van der Waals surface area contributed by atoms with Crippen LogP contribution in [0.25, 0.3) is 0 Å². The van der Waals surface area contributed by atoms with Gasteiger partial charge >= 0.3 is 5.38 Å². The van der Waals surface area contributed by atoms with Crippen molar-refractivity contribution in [2.24, 2.45) is 0 Å². The lowest BCUT2D eigenvalue weighted by Gasteiger charge is -2.05. The van der Waals surface area contributed by atoms with Gasteiger partial charge in [0.1, 0.15) is 5.15 Å². The van der Waals surface area contributed by atoms with Crippen molar-refractivity contribution in [1.82, 2.24) is 4.98 Å². The molecule has 0 aromatic carbocycles. The molecule has 14 heavy (non-hydrogen) atoms. The van der Waals surface area contributed by atoms with Crippen molar-refractivity contribution in [3.05, 3.63) is 10.5 Å². The first-order valence-corrected chi connectivity index (χ1v) is 6.40. The van der Waals surface area contributed by atoms with E-state index in [2.05, 4.69) is 4.98 Å². The summed E-state index contributed by atoms with van der Waals surface area (Å²) in [6.45, 7) is 0. The van der Waals surface area contributed by atoms with E-state index in [1.54, 1.807) is 5.38 Å². The van der Waals surface area contributed by atoms with Crippen molar-refractivity contribution in [2.75, 3.05) is 5.75 Å². The summed E-state index contributed by atoms with van der Waals surface area (Å²) in [6, 6.07) is 0. The molecule has 0 spiro atoms. The number of aromatic nitrogens is 1. The highest BCUT2D eigenvalue weighted by atomic mass is 35.5. The summed E-state index contributed by atoms with van der Waals surface area (Å²) in [5.74, 6) is 0.576. The van der Waals surface area contributed by atoms with Gasteiger partial charge in [-0.25, -0.2) is 4.98 Å². The molecule has 0 aliphatic rings. The van der Waals surface area contributed by atoms with Crippen LogP contribution in [-0.2, 0) is 0 Å². The van der Waals surface area contributed by atoms with E-state index >= 15 is 0 Å². The van der Waals surface area contributed by atoms with Crippen LogP contribution in [0.4, 0.5) is 8.78 Å². The average molecular weight is 278 g/mol. The van der Waals surface area contributed by atoms with E-state index in [4.69, 9.17) is 23.2 Å². The first kappa shape index (κ1) is 12.5. The molecule has 80 valence electrons. The first-order valence-electron chi connectivity index (χ1n) is 3.78. The maximum Gasteiger partial charge on any atom is 0.321 e. The van der Waals surface area contributed by atoms with Gasteiger partial charge in [0.25, 0.3) is 0 Å². The van der Waals surface area contributed by atoms with Crippen LogP contribution in [0.3, 0.4) is 0 Å². The Morgan fingerprint density at radius 3 is 2.79 bits per heavy atom.